The van der Waals surface area contributed by atoms with Crippen LogP contribution in [0.5, 0.6) is 0 Å². The molecule has 1 aromatic carbocycles. The van der Waals surface area contributed by atoms with Crippen molar-refractivity contribution in [2.75, 3.05) is 58.1 Å². The Bertz CT molecular complexity index is 969. The SMILES string of the molecule is COCCCC/C(=C(/N)C(=O)N(C(C)C)[C@@H]1CNC[C@H](C(=O)N2CCOCC2)C1)N(N)c1ccccc1F. The number of ether oxygens (including phenoxy) is 2. The van der Waals surface area contributed by atoms with Crippen molar-refractivity contribution in [3.63, 3.8) is 0 Å². The van der Waals surface area contributed by atoms with E-state index in [0.29, 0.717) is 71.0 Å². The van der Waals surface area contributed by atoms with Crippen LogP contribution in [0.3, 0.4) is 0 Å². The number of nitrogens with one attached hydrogen (secondary N) is 1. The summed E-state index contributed by atoms with van der Waals surface area (Å²) >= 11 is 0. The van der Waals surface area contributed by atoms with Crippen LogP contribution in [0.25, 0.3) is 0 Å². The number of nitrogens with zero attached hydrogens (tertiary/aromatic N) is 3. The number of piperidine rings is 1. The fourth-order valence-electron chi connectivity index (χ4n) is 5.16. The number of amides is 2. The minimum Gasteiger partial charge on any atom is -0.393 e. The first kappa shape index (κ1) is 29.8. The Kier molecular flexibility index (Phi) is 11.3. The predicted molar refractivity (Wildman–Crippen MR) is 144 cm³/mol. The minimum absolute atomic E-state index is 0.0245. The van der Waals surface area contributed by atoms with Gasteiger partial charge in [0, 0.05) is 52.0 Å². The van der Waals surface area contributed by atoms with Gasteiger partial charge < -0.3 is 30.3 Å². The number of nitrogens with two attached hydrogens (primary N) is 2. The molecule has 0 saturated carbocycles. The van der Waals surface area contributed by atoms with E-state index in [2.05, 4.69) is 5.32 Å². The number of halogens is 1. The molecule has 2 atom stereocenters. The number of morpholine rings is 1. The summed E-state index contributed by atoms with van der Waals surface area (Å²) in [5, 5.41) is 4.52. The predicted octanol–water partition coefficient (Wildman–Crippen LogP) is 1.57. The highest BCUT2D eigenvalue weighted by molar-refractivity contribution is 5.94. The lowest BCUT2D eigenvalue weighted by Crippen LogP contribution is -2.57. The standard InChI is InChI=1S/C27H43FN6O4/c1-19(2)33(21-16-20(17-31-18-21)26(35)32-11-14-38-15-12-32)27(36)25(29)24(10-6-7-13-37-3)34(30)23-9-5-4-8-22(23)28/h4-5,8-9,19-21,31H,6-7,10-18,29-30H2,1-3H3/b25-24-/t20-,21+/m1/s1. The summed E-state index contributed by atoms with van der Waals surface area (Å²) in [6, 6.07) is 5.70. The van der Waals surface area contributed by atoms with Gasteiger partial charge in [0.2, 0.25) is 5.91 Å². The Morgan fingerprint density at radius 1 is 1.21 bits per heavy atom. The van der Waals surface area contributed by atoms with E-state index in [1.807, 2.05) is 18.7 Å². The molecule has 2 heterocycles. The fourth-order valence-corrected chi connectivity index (χ4v) is 5.16. The maximum atomic E-state index is 14.6. The van der Waals surface area contributed by atoms with Crippen LogP contribution in [0.2, 0.25) is 0 Å². The first-order chi connectivity index (χ1) is 18.3. The molecule has 0 radical (unpaired) electrons. The first-order valence-corrected chi connectivity index (χ1v) is 13.4. The third-order valence-electron chi connectivity index (χ3n) is 7.14. The molecule has 3 rings (SSSR count). The minimum atomic E-state index is -0.508. The largest absolute Gasteiger partial charge is 0.393 e. The molecule has 2 aliphatic heterocycles. The van der Waals surface area contributed by atoms with Gasteiger partial charge >= 0.3 is 0 Å². The summed E-state index contributed by atoms with van der Waals surface area (Å²) in [6.45, 7) is 7.75. The van der Waals surface area contributed by atoms with Crippen LogP contribution in [-0.4, -0.2) is 86.8 Å². The number of benzene rings is 1. The lowest BCUT2D eigenvalue weighted by Gasteiger charge is -2.41. The van der Waals surface area contributed by atoms with Gasteiger partial charge in [0.25, 0.3) is 5.91 Å². The van der Waals surface area contributed by atoms with E-state index >= 15 is 0 Å². The molecular weight excluding hydrogens is 491 g/mol. The zero-order valence-corrected chi connectivity index (χ0v) is 22.8. The van der Waals surface area contributed by atoms with Gasteiger partial charge in [-0.3, -0.25) is 14.6 Å². The molecule has 0 aromatic heterocycles. The van der Waals surface area contributed by atoms with E-state index < -0.39 is 5.82 Å². The Morgan fingerprint density at radius 2 is 1.92 bits per heavy atom. The van der Waals surface area contributed by atoms with Crippen molar-refractivity contribution < 1.29 is 23.5 Å². The molecule has 2 aliphatic rings. The van der Waals surface area contributed by atoms with Gasteiger partial charge in [-0.25, -0.2) is 10.2 Å². The van der Waals surface area contributed by atoms with E-state index in [4.69, 9.17) is 21.1 Å². The van der Waals surface area contributed by atoms with Crippen LogP contribution in [-0.2, 0) is 19.1 Å². The van der Waals surface area contributed by atoms with Crippen molar-refractivity contribution in [2.24, 2.45) is 17.5 Å². The molecule has 212 valence electrons. The van der Waals surface area contributed by atoms with Gasteiger partial charge in [-0.1, -0.05) is 12.1 Å². The highest BCUT2D eigenvalue weighted by Gasteiger charge is 2.37. The Hall–Kier alpha value is -2.73. The van der Waals surface area contributed by atoms with Gasteiger partial charge in [-0.15, -0.1) is 0 Å². The Morgan fingerprint density at radius 3 is 2.58 bits per heavy atom. The van der Waals surface area contributed by atoms with E-state index in [9.17, 15) is 14.0 Å². The van der Waals surface area contributed by atoms with Gasteiger partial charge in [0.05, 0.1) is 30.5 Å². The van der Waals surface area contributed by atoms with Gasteiger partial charge in [0.15, 0.2) is 0 Å². The molecular formula is C27H43FN6O4. The number of hydrogen-bond acceptors (Lipinski definition) is 8. The van der Waals surface area contributed by atoms with Crippen molar-refractivity contribution in [3.8, 4) is 0 Å². The van der Waals surface area contributed by atoms with Crippen LogP contribution in [0, 0.1) is 11.7 Å². The monoisotopic (exact) mass is 534 g/mol. The second-order valence-corrected chi connectivity index (χ2v) is 10.1. The highest BCUT2D eigenvalue weighted by Crippen LogP contribution is 2.26. The smallest absolute Gasteiger partial charge is 0.272 e. The van der Waals surface area contributed by atoms with E-state index in [0.717, 1.165) is 6.42 Å². The Labute approximate surface area is 225 Å². The van der Waals surface area contributed by atoms with E-state index in [1.54, 1.807) is 30.2 Å². The van der Waals surface area contributed by atoms with Gasteiger partial charge in [-0.05, 0) is 51.7 Å². The van der Waals surface area contributed by atoms with Crippen molar-refractivity contribution in [1.29, 1.82) is 0 Å². The molecule has 0 unspecified atom stereocenters. The molecule has 11 heteroatoms. The van der Waals surface area contributed by atoms with Crippen LogP contribution in [0.15, 0.2) is 35.7 Å². The van der Waals surface area contributed by atoms with Crippen molar-refractivity contribution in [1.82, 2.24) is 15.1 Å². The second-order valence-electron chi connectivity index (χ2n) is 10.1. The molecule has 2 saturated heterocycles. The normalized spacial score (nSPS) is 20.7. The summed E-state index contributed by atoms with van der Waals surface area (Å²) in [5.41, 5.74) is 6.99. The summed E-state index contributed by atoms with van der Waals surface area (Å²) < 4.78 is 25.1. The van der Waals surface area contributed by atoms with Crippen molar-refractivity contribution in [3.05, 3.63) is 41.5 Å². The van der Waals surface area contributed by atoms with Gasteiger partial charge in [-0.2, -0.15) is 0 Å². The lowest BCUT2D eigenvalue weighted by atomic mass is 9.92. The number of methoxy groups -OCH3 is 1. The molecule has 38 heavy (non-hydrogen) atoms. The summed E-state index contributed by atoms with van der Waals surface area (Å²) in [4.78, 5) is 30.7. The van der Waals surface area contributed by atoms with Gasteiger partial charge in [0.1, 0.15) is 11.5 Å². The zero-order valence-electron chi connectivity index (χ0n) is 22.8. The molecule has 1 aromatic rings. The Balaban J connectivity index is 1.85. The number of hydrogen-bond donors (Lipinski definition) is 3. The van der Waals surface area contributed by atoms with Crippen LogP contribution >= 0.6 is 0 Å². The number of carbonyl (C=O) groups excluding carboxylic acids is 2. The number of anilines is 1. The van der Waals surface area contributed by atoms with Crippen molar-refractivity contribution >= 4 is 17.5 Å². The zero-order chi connectivity index (χ0) is 27.7. The van der Waals surface area contributed by atoms with Crippen LogP contribution in [0.4, 0.5) is 10.1 Å². The van der Waals surface area contributed by atoms with Crippen LogP contribution in [0.1, 0.15) is 39.5 Å². The lowest BCUT2D eigenvalue weighted by molar-refractivity contribution is -0.143. The number of para-hydroxylation sites is 1. The topological polar surface area (TPSA) is 126 Å². The molecule has 0 spiro atoms. The molecule has 2 fully saturated rings. The quantitative estimate of drug-likeness (QED) is 0.169. The summed E-state index contributed by atoms with van der Waals surface area (Å²) in [7, 11) is 1.62. The van der Waals surface area contributed by atoms with E-state index in [-0.39, 0.29) is 41.2 Å². The molecule has 0 bridgehead atoms. The molecule has 0 aliphatic carbocycles. The number of carbonyl (C=O) groups is 2. The number of rotatable bonds is 11. The first-order valence-electron chi connectivity index (χ1n) is 13.4. The maximum Gasteiger partial charge on any atom is 0.272 e. The average Bonchev–Trinajstić information content (AvgIpc) is 2.93. The summed E-state index contributed by atoms with van der Waals surface area (Å²) in [6.07, 6.45) is 2.29. The second kappa shape index (κ2) is 14.4. The average molecular weight is 535 g/mol. The number of hydrazine groups is 1. The van der Waals surface area contributed by atoms with Crippen molar-refractivity contribution in [2.45, 2.75) is 51.6 Å². The molecule has 5 N–H and O–H groups in total. The molecule has 2 amide bonds. The third-order valence-corrected chi connectivity index (χ3v) is 7.14. The third kappa shape index (κ3) is 7.43. The number of unbranched alkanes of at least 4 members (excludes halogenated alkanes) is 1. The molecule has 10 nitrogen and oxygen atoms in total. The highest BCUT2D eigenvalue weighted by atomic mass is 19.1. The van der Waals surface area contributed by atoms with E-state index in [1.165, 1.54) is 11.1 Å². The van der Waals surface area contributed by atoms with Crippen LogP contribution < -0.4 is 21.9 Å². The number of allylic oxidation sites excluding steroid dienone is 1. The maximum absolute atomic E-state index is 14.6. The summed E-state index contributed by atoms with van der Waals surface area (Å²) in [5.74, 6) is 5.32. The fraction of sp³-hybridized carbons (Fsp3) is 0.630.